The Morgan fingerprint density at radius 3 is 2.73 bits per heavy atom. The number of imide groups is 1. The third-order valence-corrected chi connectivity index (χ3v) is 10.3. The van der Waals surface area contributed by atoms with E-state index < -0.39 is 23.8 Å². The number of carbonyl (C=O) groups excluding carboxylic acids is 2. The van der Waals surface area contributed by atoms with Crippen LogP contribution in [0.4, 0.5) is 0 Å². The van der Waals surface area contributed by atoms with Gasteiger partial charge in [0.05, 0.1) is 29.0 Å². The molecule has 3 fully saturated rings. The van der Waals surface area contributed by atoms with E-state index in [1.165, 1.54) is 6.92 Å². The molecule has 2 saturated carbocycles. The molecule has 0 aromatic carbocycles. The van der Waals surface area contributed by atoms with Gasteiger partial charge in [0.1, 0.15) is 11.8 Å². The average Bonchev–Trinajstić information content (AvgIpc) is 3.48. The van der Waals surface area contributed by atoms with Gasteiger partial charge in [-0.2, -0.15) is 0 Å². The molecule has 156 valence electrons. The number of nitrogens with one attached hydrogen (secondary N) is 1. The van der Waals surface area contributed by atoms with Gasteiger partial charge in [0, 0.05) is 10.1 Å². The zero-order valence-electron chi connectivity index (χ0n) is 15.8. The van der Waals surface area contributed by atoms with E-state index in [1.807, 2.05) is 12.1 Å². The summed E-state index contributed by atoms with van der Waals surface area (Å²) in [6, 6.07) is 2.70. The summed E-state index contributed by atoms with van der Waals surface area (Å²) >= 11 is 8.68. The maximum atomic E-state index is 13.2. The number of hydrogen-bond donors (Lipinski definition) is 2. The first kappa shape index (κ1) is 18.8. The molecule has 8 unspecified atom stereocenters. The van der Waals surface area contributed by atoms with Crippen molar-refractivity contribution >= 4 is 53.1 Å². The molecule has 4 aliphatic rings. The summed E-state index contributed by atoms with van der Waals surface area (Å²) < 4.78 is 6.53. The molecule has 0 spiro atoms. The summed E-state index contributed by atoms with van der Waals surface area (Å²) in [7, 11) is 0. The molecule has 2 bridgehead atoms. The minimum Gasteiger partial charge on any atom is -0.480 e. The monoisotopic (exact) mass is 462 g/mol. The average molecular weight is 463 g/mol. The topological polar surface area (TPSA) is 104 Å². The minimum atomic E-state index is -1.15. The van der Waals surface area contributed by atoms with Crippen molar-refractivity contribution in [3.8, 4) is 0 Å². The Morgan fingerprint density at radius 1 is 1.33 bits per heavy atom. The van der Waals surface area contributed by atoms with E-state index in [0.717, 1.165) is 27.0 Å². The lowest BCUT2D eigenvalue weighted by molar-refractivity contribution is -0.154. The first-order valence-electron chi connectivity index (χ1n) is 9.91. The second-order valence-electron chi connectivity index (χ2n) is 8.54. The van der Waals surface area contributed by atoms with Crippen molar-refractivity contribution in [3.05, 3.63) is 33.0 Å². The van der Waals surface area contributed by atoms with Gasteiger partial charge in [-0.15, -0.1) is 23.1 Å². The molecular formula is C20H18N2O5S3. The van der Waals surface area contributed by atoms with Crippen molar-refractivity contribution in [3.63, 3.8) is 0 Å². The summed E-state index contributed by atoms with van der Waals surface area (Å²) in [6.07, 6.45) is 2.48. The Hall–Kier alpha value is -1.91. The number of aromatic nitrogens is 1. The molecule has 1 saturated heterocycles. The van der Waals surface area contributed by atoms with Crippen LogP contribution < -0.4 is 0 Å². The number of aromatic amines is 1. The van der Waals surface area contributed by atoms with Crippen LogP contribution in [0.15, 0.2) is 27.8 Å². The smallest absolute Gasteiger partial charge is 0.326 e. The second kappa shape index (κ2) is 6.30. The maximum absolute atomic E-state index is 13.2. The van der Waals surface area contributed by atoms with Gasteiger partial charge in [-0.25, -0.2) is 4.79 Å². The minimum absolute atomic E-state index is 0.0102. The molecule has 30 heavy (non-hydrogen) atoms. The normalized spacial score (nSPS) is 37.2. The summed E-state index contributed by atoms with van der Waals surface area (Å²) in [6.45, 7) is 1.41. The molecule has 2 aliphatic heterocycles. The Morgan fingerprint density at radius 2 is 2.07 bits per heavy atom. The number of carboxylic acids is 1. The van der Waals surface area contributed by atoms with Gasteiger partial charge in [-0.05, 0) is 55.4 Å². The lowest BCUT2D eigenvalue weighted by Crippen LogP contribution is -2.44. The Balaban J connectivity index is 1.45. The van der Waals surface area contributed by atoms with Crippen LogP contribution in [0.5, 0.6) is 0 Å². The van der Waals surface area contributed by atoms with Crippen molar-refractivity contribution in [2.75, 3.05) is 0 Å². The van der Waals surface area contributed by atoms with Crippen LogP contribution in [-0.2, 0) is 14.4 Å². The molecular weight excluding hydrogens is 444 g/mol. The SMILES string of the molecule is CC(C(=O)O)N1C(=O)C2C3CC(C2C1=O)C1C(c2ccco2)c2sc(=S)[nH]c2SC31. The van der Waals surface area contributed by atoms with Crippen LogP contribution in [0.2, 0.25) is 0 Å². The van der Waals surface area contributed by atoms with Crippen LogP contribution in [0.1, 0.15) is 29.9 Å². The number of thiazole rings is 1. The fraction of sp³-hybridized carbons (Fsp3) is 0.500. The molecule has 8 atom stereocenters. The number of fused-ring (bicyclic) bond motifs is 9. The second-order valence-corrected chi connectivity index (χ2v) is 11.4. The van der Waals surface area contributed by atoms with E-state index in [1.54, 1.807) is 29.4 Å². The number of aliphatic carboxylic acids is 1. The predicted octanol–water partition coefficient (Wildman–Crippen LogP) is 3.35. The molecule has 2 amide bonds. The van der Waals surface area contributed by atoms with E-state index in [2.05, 4.69) is 4.98 Å². The number of hydrogen-bond acceptors (Lipinski definition) is 7. The van der Waals surface area contributed by atoms with Gasteiger partial charge in [-0.1, -0.05) is 0 Å². The summed E-state index contributed by atoms with van der Waals surface area (Å²) in [5.74, 6) is -1.57. The van der Waals surface area contributed by atoms with Gasteiger partial charge < -0.3 is 14.5 Å². The highest BCUT2D eigenvalue weighted by Gasteiger charge is 2.70. The first-order valence-corrected chi connectivity index (χ1v) is 12.0. The van der Waals surface area contributed by atoms with Gasteiger partial charge in [0.25, 0.3) is 0 Å². The van der Waals surface area contributed by atoms with Crippen molar-refractivity contribution in [2.45, 2.75) is 35.6 Å². The van der Waals surface area contributed by atoms with E-state index in [0.29, 0.717) is 3.95 Å². The van der Waals surface area contributed by atoms with Crippen LogP contribution in [0.3, 0.4) is 0 Å². The third-order valence-electron chi connectivity index (χ3n) is 7.35. The Kier molecular flexibility index (Phi) is 3.96. The van der Waals surface area contributed by atoms with Crippen molar-refractivity contribution < 1.29 is 23.9 Å². The summed E-state index contributed by atoms with van der Waals surface area (Å²) in [5, 5.41) is 10.6. The number of carbonyl (C=O) groups is 3. The zero-order chi connectivity index (χ0) is 20.9. The molecule has 10 heteroatoms. The Labute approximate surface area is 184 Å². The summed E-state index contributed by atoms with van der Waals surface area (Å²) in [5.41, 5.74) is 0. The largest absolute Gasteiger partial charge is 0.480 e. The molecule has 2 N–H and O–H groups in total. The number of H-pyrrole nitrogens is 1. The molecule has 7 nitrogen and oxygen atoms in total. The number of nitrogens with zero attached hydrogens (tertiary/aromatic N) is 1. The fourth-order valence-electron chi connectivity index (χ4n) is 6.32. The number of likely N-dealkylation sites (tertiary alicyclic amines) is 1. The highest BCUT2D eigenvalue weighted by molar-refractivity contribution is 8.00. The van der Waals surface area contributed by atoms with Crippen LogP contribution in [-0.4, -0.2) is 44.1 Å². The number of rotatable bonds is 3. The number of amides is 2. The zero-order valence-corrected chi connectivity index (χ0v) is 18.3. The lowest BCUT2D eigenvalue weighted by atomic mass is 9.69. The fourth-order valence-corrected chi connectivity index (χ4v) is 9.63. The quantitative estimate of drug-likeness (QED) is 0.533. The van der Waals surface area contributed by atoms with Crippen LogP contribution >= 0.6 is 35.3 Å². The van der Waals surface area contributed by atoms with E-state index in [4.69, 9.17) is 16.6 Å². The standard InChI is InChI=1S/C20H18N2O5S3/c1-6(19(25)26)22-17(23)11-7-5-8(12(11)18(22)24)14-10(7)13(9-3-2-4-27-9)15-16(29-14)21-20(28)30-15/h2-4,6-8,10-14H,5H2,1H3,(H,21,28)(H,25,26). The first-order chi connectivity index (χ1) is 14.4. The van der Waals surface area contributed by atoms with Gasteiger partial charge in [-0.3, -0.25) is 14.5 Å². The van der Waals surface area contributed by atoms with E-state index in [9.17, 15) is 19.5 Å². The maximum Gasteiger partial charge on any atom is 0.326 e. The third kappa shape index (κ3) is 2.27. The van der Waals surface area contributed by atoms with E-state index in [-0.39, 0.29) is 40.7 Å². The van der Waals surface area contributed by atoms with Crippen LogP contribution in [0.25, 0.3) is 0 Å². The molecule has 2 aromatic heterocycles. The van der Waals surface area contributed by atoms with Crippen molar-refractivity contribution in [2.24, 2.45) is 29.6 Å². The van der Waals surface area contributed by atoms with Gasteiger partial charge in [0.15, 0.2) is 3.95 Å². The molecule has 2 aromatic rings. The molecule has 2 aliphatic carbocycles. The predicted molar refractivity (Wildman–Crippen MR) is 111 cm³/mol. The number of carboxylic acid groups (broad SMARTS) is 1. The lowest BCUT2D eigenvalue weighted by Gasteiger charge is -2.42. The van der Waals surface area contributed by atoms with Crippen molar-refractivity contribution in [1.29, 1.82) is 0 Å². The highest BCUT2D eigenvalue weighted by Crippen LogP contribution is 2.68. The van der Waals surface area contributed by atoms with Gasteiger partial charge in [0.2, 0.25) is 11.8 Å². The van der Waals surface area contributed by atoms with E-state index >= 15 is 0 Å². The highest BCUT2D eigenvalue weighted by atomic mass is 32.2. The van der Waals surface area contributed by atoms with Gasteiger partial charge >= 0.3 is 5.97 Å². The Bertz CT molecular complexity index is 1140. The number of furan rings is 1. The molecule has 6 rings (SSSR count). The van der Waals surface area contributed by atoms with Crippen molar-refractivity contribution in [1.82, 2.24) is 9.88 Å². The summed E-state index contributed by atoms with van der Waals surface area (Å²) in [4.78, 5) is 43.3. The molecule has 0 radical (unpaired) electrons. The number of thioether (sulfide) groups is 1. The molecule has 4 heterocycles. The van der Waals surface area contributed by atoms with Crippen LogP contribution in [0, 0.1) is 33.5 Å².